The number of benzene rings is 3. The maximum absolute atomic E-state index is 14.5. The standard InChI is InChI=1S/C27H23Cl2FN4O/c28-19-8-7-18(24(11-19)31-9-4-10-35)15-34-16-33-26(17-5-2-1-3-6-17)27(34)21-14-32-25-13-22(29)23(30)12-20(21)25/h1-3,5-8,11-14,16,31-32,35H,4,9-10,15H2. The van der Waals surface area contributed by atoms with Crippen molar-refractivity contribution in [2.24, 2.45) is 0 Å². The number of aliphatic hydroxyl groups excluding tert-OH is 1. The summed E-state index contributed by atoms with van der Waals surface area (Å²) in [6.07, 6.45) is 4.29. The molecule has 0 aliphatic carbocycles. The zero-order valence-corrected chi connectivity index (χ0v) is 20.2. The molecule has 2 heterocycles. The van der Waals surface area contributed by atoms with Gasteiger partial charge in [-0.25, -0.2) is 9.37 Å². The molecule has 0 radical (unpaired) electrons. The van der Waals surface area contributed by atoms with Gasteiger partial charge in [0.25, 0.3) is 0 Å². The fraction of sp³-hybridized carbons (Fsp3) is 0.148. The van der Waals surface area contributed by atoms with Gasteiger partial charge in [-0.15, -0.1) is 0 Å². The van der Waals surface area contributed by atoms with Crippen LogP contribution in [0.5, 0.6) is 0 Å². The quantitative estimate of drug-likeness (QED) is 0.198. The molecule has 0 unspecified atom stereocenters. The molecule has 2 aromatic heterocycles. The predicted molar refractivity (Wildman–Crippen MR) is 141 cm³/mol. The molecule has 5 nitrogen and oxygen atoms in total. The highest BCUT2D eigenvalue weighted by Crippen LogP contribution is 2.38. The van der Waals surface area contributed by atoms with E-state index in [0.29, 0.717) is 24.5 Å². The molecule has 8 heteroatoms. The molecular weight excluding hydrogens is 486 g/mol. The number of imidazole rings is 1. The van der Waals surface area contributed by atoms with Crippen LogP contribution in [0, 0.1) is 5.82 Å². The Hall–Kier alpha value is -3.32. The summed E-state index contributed by atoms with van der Waals surface area (Å²) < 4.78 is 16.5. The van der Waals surface area contributed by atoms with Crippen LogP contribution in [-0.4, -0.2) is 32.8 Å². The van der Waals surface area contributed by atoms with Crippen molar-refractivity contribution in [3.05, 3.63) is 94.6 Å². The van der Waals surface area contributed by atoms with Crippen molar-refractivity contribution in [1.29, 1.82) is 0 Å². The highest BCUT2D eigenvalue weighted by Gasteiger charge is 2.20. The van der Waals surface area contributed by atoms with Gasteiger partial charge in [-0.1, -0.05) is 59.6 Å². The number of aromatic amines is 1. The first-order chi connectivity index (χ1) is 17.0. The normalized spacial score (nSPS) is 11.3. The Morgan fingerprint density at radius 1 is 1.06 bits per heavy atom. The van der Waals surface area contributed by atoms with Crippen molar-refractivity contribution >= 4 is 39.8 Å². The van der Waals surface area contributed by atoms with Gasteiger partial charge >= 0.3 is 0 Å². The van der Waals surface area contributed by atoms with E-state index in [-0.39, 0.29) is 11.6 Å². The molecule has 0 aliphatic heterocycles. The molecule has 0 amide bonds. The second-order valence-electron chi connectivity index (χ2n) is 8.26. The van der Waals surface area contributed by atoms with Crippen LogP contribution in [0.3, 0.4) is 0 Å². The first kappa shape index (κ1) is 23.4. The summed E-state index contributed by atoms with van der Waals surface area (Å²) in [5.74, 6) is -0.472. The van der Waals surface area contributed by atoms with Crippen LogP contribution in [0.4, 0.5) is 10.1 Å². The van der Waals surface area contributed by atoms with Gasteiger partial charge in [-0.05, 0) is 36.2 Å². The monoisotopic (exact) mass is 508 g/mol. The van der Waals surface area contributed by atoms with Crippen molar-refractivity contribution in [2.45, 2.75) is 13.0 Å². The van der Waals surface area contributed by atoms with Crippen LogP contribution in [0.2, 0.25) is 10.0 Å². The fourth-order valence-corrected chi connectivity index (χ4v) is 4.58. The number of H-pyrrole nitrogens is 1. The van der Waals surface area contributed by atoms with E-state index in [9.17, 15) is 4.39 Å². The third-order valence-corrected chi connectivity index (χ3v) is 6.45. The van der Waals surface area contributed by atoms with Crippen LogP contribution in [0.1, 0.15) is 12.0 Å². The van der Waals surface area contributed by atoms with E-state index < -0.39 is 5.82 Å². The third-order valence-electron chi connectivity index (χ3n) is 5.93. The van der Waals surface area contributed by atoms with Crippen LogP contribution >= 0.6 is 23.2 Å². The minimum absolute atomic E-state index is 0.0717. The van der Waals surface area contributed by atoms with E-state index in [0.717, 1.165) is 44.7 Å². The number of aromatic nitrogens is 3. The van der Waals surface area contributed by atoms with Crippen molar-refractivity contribution in [1.82, 2.24) is 14.5 Å². The summed E-state index contributed by atoms with van der Waals surface area (Å²) in [4.78, 5) is 7.98. The molecule has 0 fully saturated rings. The molecule has 3 N–H and O–H groups in total. The van der Waals surface area contributed by atoms with Gasteiger partial charge in [-0.2, -0.15) is 0 Å². The van der Waals surface area contributed by atoms with E-state index >= 15 is 0 Å². The van der Waals surface area contributed by atoms with Crippen LogP contribution < -0.4 is 5.32 Å². The average molecular weight is 509 g/mol. The Bertz CT molecular complexity index is 1480. The SMILES string of the molecule is OCCCNc1cc(Cl)ccc1Cn1cnc(-c2ccccc2)c1-c1c[nH]c2cc(Cl)c(F)cc12. The average Bonchev–Trinajstić information content (AvgIpc) is 3.45. The Morgan fingerprint density at radius 3 is 2.69 bits per heavy atom. The highest BCUT2D eigenvalue weighted by atomic mass is 35.5. The molecule has 0 bridgehead atoms. The van der Waals surface area contributed by atoms with Crippen molar-refractivity contribution in [3.63, 3.8) is 0 Å². The number of anilines is 1. The van der Waals surface area contributed by atoms with E-state index in [1.807, 2.05) is 54.7 Å². The van der Waals surface area contributed by atoms with Crippen LogP contribution in [0.15, 0.2) is 73.2 Å². The lowest BCUT2D eigenvalue weighted by Gasteiger charge is -2.15. The second kappa shape index (κ2) is 10.1. The van der Waals surface area contributed by atoms with Gasteiger partial charge in [-0.3, -0.25) is 0 Å². The third kappa shape index (κ3) is 4.78. The topological polar surface area (TPSA) is 65.9 Å². The van der Waals surface area contributed by atoms with E-state index in [1.54, 1.807) is 12.4 Å². The van der Waals surface area contributed by atoms with Gasteiger partial charge in [0.1, 0.15) is 5.82 Å². The maximum atomic E-state index is 14.5. The Kier molecular flexibility index (Phi) is 6.77. The first-order valence-electron chi connectivity index (χ1n) is 11.3. The van der Waals surface area contributed by atoms with Gasteiger partial charge < -0.3 is 20.0 Å². The number of nitrogens with zero attached hydrogens (tertiary/aromatic N) is 2. The molecule has 0 saturated carbocycles. The molecule has 0 saturated heterocycles. The summed E-state index contributed by atoms with van der Waals surface area (Å²) >= 11 is 12.3. The van der Waals surface area contributed by atoms with Gasteiger partial charge in [0.15, 0.2) is 0 Å². The fourth-order valence-electron chi connectivity index (χ4n) is 4.24. The predicted octanol–water partition coefficient (Wildman–Crippen LogP) is 6.99. The molecule has 5 aromatic rings. The summed E-state index contributed by atoms with van der Waals surface area (Å²) in [6, 6.07) is 18.7. The number of halogens is 3. The van der Waals surface area contributed by atoms with E-state index in [4.69, 9.17) is 33.3 Å². The molecule has 178 valence electrons. The molecule has 0 aliphatic rings. The molecule has 0 spiro atoms. The number of fused-ring (bicyclic) bond motifs is 1. The number of hydrogen-bond donors (Lipinski definition) is 3. The highest BCUT2D eigenvalue weighted by molar-refractivity contribution is 6.31. The maximum Gasteiger partial charge on any atom is 0.142 e. The largest absolute Gasteiger partial charge is 0.396 e. The summed E-state index contributed by atoms with van der Waals surface area (Å²) in [7, 11) is 0. The smallest absolute Gasteiger partial charge is 0.142 e. The minimum Gasteiger partial charge on any atom is -0.396 e. The number of aliphatic hydroxyl groups is 1. The molecule has 35 heavy (non-hydrogen) atoms. The Labute approximate surface area is 212 Å². The van der Waals surface area contributed by atoms with Crippen molar-refractivity contribution < 1.29 is 9.50 Å². The summed E-state index contributed by atoms with van der Waals surface area (Å²) in [5.41, 5.74) is 6.10. The zero-order chi connectivity index (χ0) is 24.4. The number of rotatable bonds is 8. The van der Waals surface area contributed by atoms with Crippen LogP contribution in [-0.2, 0) is 6.54 Å². The molecular formula is C27H23Cl2FN4O. The number of hydrogen-bond acceptors (Lipinski definition) is 3. The lowest BCUT2D eigenvalue weighted by molar-refractivity contribution is 0.292. The Balaban J connectivity index is 1.64. The van der Waals surface area contributed by atoms with Gasteiger partial charge in [0.05, 0.1) is 29.3 Å². The Morgan fingerprint density at radius 2 is 1.89 bits per heavy atom. The molecule has 0 atom stereocenters. The van der Waals surface area contributed by atoms with E-state index in [1.165, 1.54) is 6.07 Å². The lowest BCUT2D eigenvalue weighted by Crippen LogP contribution is -2.08. The molecule has 5 rings (SSSR count). The van der Waals surface area contributed by atoms with Gasteiger partial charge in [0, 0.05) is 52.1 Å². The van der Waals surface area contributed by atoms with Gasteiger partial charge in [0.2, 0.25) is 0 Å². The molecule has 3 aromatic carbocycles. The van der Waals surface area contributed by atoms with E-state index in [2.05, 4.69) is 14.9 Å². The summed E-state index contributed by atoms with van der Waals surface area (Å²) in [6.45, 7) is 1.24. The second-order valence-corrected chi connectivity index (χ2v) is 9.10. The number of nitrogens with one attached hydrogen (secondary N) is 2. The van der Waals surface area contributed by atoms with Crippen molar-refractivity contribution in [3.8, 4) is 22.5 Å². The minimum atomic E-state index is -0.472. The first-order valence-corrected chi connectivity index (χ1v) is 12.0. The lowest BCUT2D eigenvalue weighted by atomic mass is 10.0. The van der Waals surface area contributed by atoms with Crippen molar-refractivity contribution in [2.75, 3.05) is 18.5 Å². The summed E-state index contributed by atoms with van der Waals surface area (Å²) in [5, 5.41) is 13.9. The van der Waals surface area contributed by atoms with Crippen LogP contribution in [0.25, 0.3) is 33.4 Å². The zero-order valence-electron chi connectivity index (χ0n) is 18.7.